The number of amides is 1. The highest BCUT2D eigenvalue weighted by Gasteiger charge is 2.47. The number of likely N-dealkylation sites (tertiary alicyclic amines) is 1. The molecule has 4 rings (SSSR count). The summed E-state index contributed by atoms with van der Waals surface area (Å²) in [6, 6.07) is 10.2. The van der Waals surface area contributed by atoms with Crippen molar-refractivity contribution in [1.29, 1.82) is 0 Å². The SMILES string of the molecule is COc1ccc(F)cc1/C(O)=C1\C(=O)C(=O)N(CC2CCCO2)C1c1ccc(N(C)C)cc1. The van der Waals surface area contributed by atoms with E-state index in [0.29, 0.717) is 12.2 Å². The molecular formula is C25H27FN2O5. The fourth-order valence-electron chi connectivity index (χ4n) is 4.39. The fraction of sp³-hybridized carbons (Fsp3) is 0.360. The van der Waals surface area contributed by atoms with E-state index < -0.39 is 29.3 Å². The monoisotopic (exact) mass is 454 g/mol. The second-order valence-corrected chi connectivity index (χ2v) is 8.42. The molecule has 7 nitrogen and oxygen atoms in total. The molecular weight excluding hydrogens is 427 g/mol. The number of methoxy groups -OCH3 is 1. The van der Waals surface area contributed by atoms with Gasteiger partial charge in [0.25, 0.3) is 11.7 Å². The third-order valence-electron chi connectivity index (χ3n) is 6.11. The van der Waals surface area contributed by atoms with E-state index in [2.05, 4.69) is 0 Å². The third-order valence-corrected chi connectivity index (χ3v) is 6.11. The van der Waals surface area contributed by atoms with Crippen LogP contribution < -0.4 is 9.64 Å². The van der Waals surface area contributed by atoms with Crippen LogP contribution in [-0.4, -0.2) is 62.2 Å². The number of Topliss-reactive ketones (excluding diaryl/α,β-unsaturated/α-hetero) is 1. The number of carbonyl (C=O) groups excluding carboxylic acids is 2. The molecule has 1 N–H and O–H groups in total. The average Bonchev–Trinajstić information content (AvgIpc) is 3.41. The van der Waals surface area contributed by atoms with Gasteiger partial charge < -0.3 is 24.4 Å². The van der Waals surface area contributed by atoms with E-state index in [0.717, 1.165) is 24.6 Å². The van der Waals surface area contributed by atoms with Gasteiger partial charge in [-0.2, -0.15) is 0 Å². The van der Waals surface area contributed by atoms with Crippen molar-refractivity contribution in [3.63, 3.8) is 0 Å². The first-order valence-corrected chi connectivity index (χ1v) is 10.8. The van der Waals surface area contributed by atoms with Crippen molar-refractivity contribution in [2.24, 2.45) is 0 Å². The van der Waals surface area contributed by atoms with Gasteiger partial charge in [-0.15, -0.1) is 0 Å². The van der Waals surface area contributed by atoms with Crippen molar-refractivity contribution in [2.45, 2.75) is 25.0 Å². The van der Waals surface area contributed by atoms with Gasteiger partial charge in [0.1, 0.15) is 17.3 Å². The summed E-state index contributed by atoms with van der Waals surface area (Å²) in [5.74, 6) is -2.41. The first-order valence-electron chi connectivity index (χ1n) is 10.8. The zero-order valence-corrected chi connectivity index (χ0v) is 18.9. The summed E-state index contributed by atoms with van der Waals surface area (Å²) in [7, 11) is 5.21. The van der Waals surface area contributed by atoms with Crippen molar-refractivity contribution in [2.75, 3.05) is 39.3 Å². The average molecular weight is 454 g/mol. The Morgan fingerprint density at radius 2 is 1.94 bits per heavy atom. The number of halogens is 1. The molecule has 0 bridgehead atoms. The summed E-state index contributed by atoms with van der Waals surface area (Å²) in [5, 5.41) is 11.2. The van der Waals surface area contributed by atoms with Crippen LogP contribution in [0.4, 0.5) is 10.1 Å². The van der Waals surface area contributed by atoms with Crippen LogP contribution in [0.25, 0.3) is 5.76 Å². The van der Waals surface area contributed by atoms with Crippen molar-refractivity contribution in [3.05, 3.63) is 65.0 Å². The Bertz CT molecular complexity index is 1090. The Morgan fingerprint density at radius 1 is 1.21 bits per heavy atom. The largest absolute Gasteiger partial charge is 0.507 e. The molecule has 2 saturated heterocycles. The second-order valence-electron chi connectivity index (χ2n) is 8.42. The predicted octanol–water partition coefficient (Wildman–Crippen LogP) is 3.50. The van der Waals surface area contributed by atoms with Gasteiger partial charge in [0.05, 0.1) is 30.4 Å². The van der Waals surface area contributed by atoms with Crippen LogP contribution in [0.15, 0.2) is 48.0 Å². The lowest BCUT2D eigenvalue weighted by Crippen LogP contribution is -2.36. The third kappa shape index (κ3) is 4.30. The first kappa shape index (κ1) is 22.8. The molecule has 2 heterocycles. The van der Waals surface area contributed by atoms with Gasteiger partial charge in [0, 0.05) is 32.9 Å². The fourth-order valence-corrected chi connectivity index (χ4v) is 4.39. The lowest BCUT2D eigenvalue weighted by atomic mass is 9.94. The van der Waals surface area contributed by atoms with Crippen LogP contribution in [0.5, 0.6) is 5.75 Å². The minimum atomic E-state index is -0.835. The normalized spacial score (nSPS) is 22.1. The van der Waals surface area contributed by atoms with Gasteiger partial charge in [-0.05, 0) is 48.7 Å². The number of aliphatic hydroxyl groups excluding tert-OH is 1. The van der Waals surface area contributed by atoms with Gasteiger partial charge >= 0.3 is 0 Å². The number of rotatable bonds is 6. The second kappa shape index (κ2) is 9.23. The Kier molecular flexibility index (Phi) is 6.37. The highest BCUT2D eigenvalue weighted by molar-refractivity contribution is 6.46. The Morgan fingerprint density at radius 3 is 2.55 bits per heavy atom. The van der Waals surface area contributed by atoms with Gasteiger partial charge in [-0.3, -0.25) is 9.59 Å². The van der Waals surface area contributed by atoms with Crippen LogP contribution in [0.3, 0.4) is 0 Å². The predicted molar refractivity (Wildman–Crippen MR) is 122 cm³/mol. The first-order chi connectivity index (χ1) is 15.8. The van der Waals surface area contributed by atoms with E-state index in [4.69, 9.17) is 9.47 Å². The quantitative estimate of drug-likeness (QED) is 0.409. The topological polar surface area (TPSA) is 79.3 Å². The molecule has 2 fully saturated rings. The minimum absolute atomic E-state index is 0.0162. The number of ketones is 1. The van der Waals surface area contributed by atoms with Crippen molar-refractivity contribution >= 4 is 23.1 Å². The minimum Gasteiger partial charge on any atom is -0.507 e. The molecule has 2 aliphatic heterocycles. The van der Waals surface area contributed by atoms with E-state index >= 15 is 0 Å². The number of carbonyl (C=O) groups is 2. The molecule has 1 amide bonds. The maximum absolute atomic E-state index is 14.0. The van der Waals surface area contributed by atoms with E-state index in [1.807, 2.05) is 43.3 Å². The number of hydrogen-bond acceptors (Lipinski definition) is 6. The Balaban J connectivity index is 1.86. The maximum atomic E-state index is 14.0. The lowest BCUT2D eigenvalue weighted by molar-refractivity contribution is -0.140. The van der Waals surface area contributed by atoms with Crippen LogP contribution in [-0.2, 0) is 14.3 Å². The molecule has 2 atom stereocenters. The summed E-state index contributed by atoms with van der Waals surface area (Å²) in [4.78, 5) is 29.6. The zero-order valence-electron chi connectivity index (χ0n) is 18.9. The molecule has 0 saturated carbocycles. The Hall–Kier alpha value is -3.39. The van der Waals surface area contributed by atoms with Gasteiger partial charge in [-0.1, -0.05) is 12.1 Å². The van der Waals surface area contributed by atoms with Crippen LogP contribution in [0.1, 0.15) is 30.0 Å². The molecule has 0 aliphatic carbocycles. The number of nitrogens with zero attached hydrogens (tertiary/aromatic N) is 2. The molecule has 33 heavy (non-hydrogen) atoms. The molecule has 2 aromatic rings. The van der Waals surface area contributed by atoms with Gasteiger partial charge in [0.2, 0.25) is 0 Å². The van der Waals surface area contributed by atoms with Crippen molar-refractivity contribution in [1.82, 2.24) is 4.90 Å². The van der Waals surface area contributed by atoms with E-state index in [-0.39, 0.29) is 29.5 Å². The highest BCUT2D eigenvalue weighted by atomic mass is 19.1. The molecule has 0 spiro atoms. The standard InChI is InChI=1S/C25H27FN2O5/c1-27(2)17-9-6-15(7-10-17)22-21(23(29)19-13-16(26)8-11-20(19)32-3)24(30)25(31)28(22)14-18-5-4-12-33-18/h6-11,13,18,22,29H,4-5,12,14H2,1-3H3/b23-21+. The van der Waals surface area contributed by atoms with Crippen LogP contribution in [0, 0.1) is 5.82 Å². The van der Waals surface area contributed by atoms with Crippen molar-refractivity contribution in [3.8, 4) is 5.75 Å². The molecule has 2 aromatic carbocycles. The zero-order chi connectivity index (χ0) is 23.7. The Labute approximate surface area is 192 Å². The number of hydrogen-bond donors (Lipinski definition) is 1. The lowest BCUT2D eigenvalue weighted by Gasteiger charge is -2.28. The highest BCUT2D eigenvalue weighted by Crippen LogP contribution is 2.42. The number of aliphatic hydroxyl groups is 1. The summed E-state index contributed by atoms with van der Waals surface area (Å²) >= 11 is 0. The molecule has 0 aromatic heterocycles. The summed E-state index contributed by atoms with van der Waals surface area (Å²) in [6.07, 6.45) is 1.49. The van der Waals surface area contributed by atoms with E-state index in [1.165, 1.54) is 24.1 Å². The maximum Gasteiger partial charge on any atom is 0.295 e. The summed E-state index contributed by atoms with van der Waals surface area (Å²) < 4.78 is 25.0. The number of ether oxygens (including phenoxy) is 2. The summed E-state index contributed by atoms with van der Waals surface area (Å²) in [6.45, 7) is 0.832. The smallest absolute Gasteiger partial charge is 0.295 e. The van der Waals surface area contributed by atoms with Crippen molar-refractivity contribution < 1.29 is 28.6 Å². The van der Waals surface area contributed by atoms with Gasteiger partial charge in [0.15, 0.2) is 0 Å². The number of benzene rings is 2. The molecule has 2 aliphatic rings. The van der Waals surface area contributed by atoms with E-state index in [9.17, 15) is 19.1 Å². The molecule has 2 unspecified atom stereocenters. The summed E-state index contributed by atoms with van der Waals surface area (Å²) in [5.41, 5.74) is 1.53. The molecule has 8 heteroatoms. The number of anilines is 1. The van der Waals surface area contributed by atoms with Gasteiger partial charge in [-0.25, -0.2) is 4.39 Å². The van der Waals surface area contributed by atoms with Crippen LogP contribution >= 0.6 is 0 Å². The molecule has 174 valence electrons. The van der Waals surface area contributed by atoms with Crippen LogP contribution in [0.2, 0.25) is 0 Å². The van der Waals surface area contributed by atoms with E-state index in [1.54, 1.807) is 0 Å². The molecule has 0 radical (unpaired) electrons.